The number of ether oxygens (including phenoxy) is 2. The summed E-state index contributed by atoms with van der Waals surface area (Å²) >= 11 is 2.19. The molecule has 0 unspecified atom stereocenters. The SMILES string of the molecule is O=C(COc1ccccc1)NC(=Cc1ccc(Oc2ccccc2I)cc1)C(=O)O. The van der Waals surface area contributed by atoms with Crippen molar-refractivity contribution in [2.75, 3.05) is 6.61 Å². The van der Waals surface area contributed by atoms with Crippen LogP contribution in [0.5, 0.6) is 17.2 Å². The van der Waals surface area contributed by atoms with Gasteiger partial charge in [-0.1, -0.05) is 42.5 Å². The molecule has 152 valence electrons. The number of hydrogen-bond donors (Lipinski definition) is 2. The van der Waals surface area contributed by atoms with Gasteiger partial charge in [0.15, 0.2) is 6.61 Å². The predicted octanol–water partition coefficient (Wildman–Crippen LogP) is 4.70. The van der Waals surface area contributed by atoms with Crippen LogP contribution < -0.4 is 14.8 Å². The fourth-order valence-corrected chi connectivity index (χ4v) is 2.95. The second-order valence-corrected chi connectivity index (χ2v) is 7.28. The Morgan fingerprint density at radius 2 is 1.57 bits per heavy atom. The molecule has 0 aromatic heterocycles. The molecule has 0 aliphatic carbocycles. The third kappa shape index (κ3) is 6.35. The van der Waals surface area contributed by atoms with Crippen LogP contribution in [0.2, 0.25) is 0 Å². The van der Waals surface area contributed by atoms with Gasteiger partial charge in [0, 0.05) is 0 Å². The molecule has 0 fully saturated rings. The summed E-state index contributed by atoms with van der Waals surface area (Å²) < 4.78 is 12.1. The average molecular weight is 515 g/mol. The summed E-state index contributed by atoms with van der Waals surface area (Å²) in [5, 5.41) is 11.8. The highest BCUT2D eigenvalue weighted by atomic mass is 127. The van der Waals surface area contributed by atoms with E-state index in [0.29, 0.717) is 17.1 Å². The lowest BCUT2D eigenvalue weighted by Crippen LogP contribution is -2.31. The molecule has 3 aromatic rings. The highest BCUT2D eigenvalue weighted by Crippen LogP contribution is 2.26. The van der Waals surface area contributed by atoms with Gasteiger partial charge >= 0.3 is 5.97 Å². The number of nitrogens with one attached hydrogen (secondary N) is 1. The summed E-state index contributed by atoms with van der Waals surface area (Å²) in [7, 11) is 0. The Labute approximate surface area is 187 Å². The van der Waals surface area contributed by atoms with Gasteiger partial charge in [0.1, 0.15) is 22.9 Å². The Balaban J connectivity index is 1.63. The van der Waals surface area contributed by atoms with Gasteiger partial charge in [0.25, 0.3) is 5.91 Å². The molecule has 2 N–H and O–H groups in total. The topological polar surface area (TPSA) is 84.9 Å². The minimum Gasteiger partial charge on any atom is -0.484 e. The van der Waals surface area contributed by atoms with E-state index in [4.69, 9.17) is 9.47 Å². The van der Waals surface area contributed by atoms with Gasteiger partial charge in [-0.05, 0) is 70.6 Å². The maximum atomic E-state index is 12.0. The molecule has 0 saturated heterocycles. The molecule has 0 saturated carbocycles. The Morgan fingerprint density at radius 3 is 2.23 bits per heavy atom. The fraction of sp³-hybridized carbons (Fsp3) is 0.0435. The maximum absolute atomic E-state index is 12.0. The average Bonchev–Trinajstić information content (AvgIpc) is 2.75. The lowest BCUT2D eigenvalue weighted by Gasteiger charge is -2.09. The van der Waals surface area contributed by atoms with Crippen molar-refractivity contribution in [3.63, 3.8) is 0 Å². The highest BCUT2D eigenvalue weighted by Gasteiger charge is 2.12. The Morgan fingerprint density at radius 1 is 0.900 bits per heavy atom. The smallest absolute Gasteiger partial charge is 0.352 e. The van der Waals surface area contributed by atoms with Crippen molar-refractivity contribution in [1.82, 2.24) is 5.32 Å². The largest absolute Gasteiger partial charge is 0.484 e. The molecule has 0 bridgehead atoms. The van der Waals surface area contributed by atoms with Crippen LogP contribution in [0.3, 0.4) is 0 Å². The first-order valence-electron chi connectivity index (χ1n) is 8.96. The summed E-state index contributed by atoms with van der Waals surface area (Å²) in [6.07, 6.45) is 1.37. The number of amides is 1. The molecule has 0 heterocycles. The van der Waals surface area contributed by atoms with Gasteiger partial charge in [-0.3, -0.25) is 4.79 Å². The first-order chi connectivity index (χ1) is 14.5. The van der Waals surface area contributed by atoms with E-state index >= 15 is 0 Å². The number of carboxylic acids is 1. The number of benzene rings is 3. The highest BCUT2D eigenvalue weighted by molar-refractivity contribution is 14.1. The van der Waals surface area contributed by atoms with Crippen molar-refractivity contribution in [2.24, 2.45) is 0 Å². The molecule has 0 atom stereocenters. The predicted molar refractivity (Wildman–Crippen MR) is 121 cm³/mol. The molecular formula is C23H18INO5. The lowest BCUT2D eigenvalue weighted by atomic mass is 10.2. The first-order valence-corrected chi connectivity index (χ1v) is 10.0. The lowest BCUT2D eigenvalue weighted by molar-refractivity contribution is -0.134. The van der Waals surface area contributed by atoms with Crippen LogP contribution in [0.1, 0.15) is 5.56 Å². The maximum Gasteiger partial charge on any atom is 0.352 e. The van der Waals surface area contributed by atoms with E-state index in [9.17, 15) is 14.7 Å². The van der Waals surface area contributed by atoms with Crippen LogP contribution in [0, 0.1) is 3.57 Å². The standard InChI is InChI=1S/C23H18INO5/c24-19-8-4-5-9-21(19)30-18-12-10-16(11-13-18)14-20(23(27)28)25-22(26)15-29-17-6-2-1-3-7-17/h1-14H,15H2,(H,25,26)(H,27,28). The van der Waals surface area contributed by atoms with Crippen LogP contribution in [0.25, 0.3) is 6.08 Å². The van der Waals surface area contributed by atoms with Gasteiger partial charge in [-0.25, -0.2) is 4.79 Å². The fourth-order valence-electron chi connectivity index (χ4n) is 2.46. The second kappa shape index (κ2) is 10.4. The summed E-state index contributed by atoms with van der Waals surface area (Å²) in [5.41, 5.74) is 0.356. The van der Waals surface area contributed by atoms with E-state index < -0.39 is 11.9 Å². The number of aliphatic carboxylic acids is 1. The van der Waals surface area contributed by atoms with Gasteiger partial charge in [-0.2, -0.15) is 0 Å². The van der Waals surface area contributed by atoms with Gasteiger partial charge in [0.2, 0.25) is 0 Å². The number of rotatable bonds is 8. The van der Waals surface area contributed by atoms with E-state index in [0.717, 1.165) is 9.32 Å². The zero-order chi connectivity index (χ0) is 21.3. The molecule has 30 heavy (non-hydrogen) atoms. The number of hydrogen-bond acceptors (Lipinski definition) is 4. The van der Waals surface area contributed by atoms with Gasteiger partial charge in [0.05, 0.1) is 3.57 Å². The number of carbonyl (C=O) groups excluding carboxylic acids is 1. The monoisotopic (exact) mass is 515 g/mol. The molecule has 1 amide bonds. The van der Waals surface area contributed by atoms with Gasteiger partial charge < -0.3 is 19.9 Å². The molecule has 3 rings (SSSR count). The van der Waals surface area contributed by atoms with Crippen LogP contribution in [0.15, 0.2) is 84.6 Å². The minimum absolute atomic E-state index is 0.247. The normalized spacial score (nSPS) is 10.9. The summed E-state index contributed by atoms with van der Waals surface area (Å²) in [5.74, 6) is 0.0669. The van der Waals surface area contributed by atoms with Crippen molar-refractivity contribution >= 4 is 40.5 Å². The molecule has 0 aliphatic rings. The number of para-hydroxylation sites is 2. The Hall–Kier alpha value is -3.33. The summed E-state index contributed by atoms with van der Waals surface area (Å²) in [4.78, 5) is 23.6. The van der Waals surface area contributed by atoms with Crippen molar-refractivity contribution < 1.29 is 24.2 Å². The molecule has 0 aliphatic heterocycles. The van der Waals surface area contributed by atoms with Crippen molar-refractivity contribution in [1.29, 1.82) is 0 Å². The summed E-state index contributed by atoms with van der Waals surface area (Å²) in [6.45, 7) is -0.295. The van der Waals surface area contributed by atoms with Crippen LogP contribution in [0.4, 0.5) is 0 Å². The quantitative estimate of drug-likeness (QED) is 0.336. The van der Waals surface area contributed by atoms with Crippen LogP contribution in [-0.4, -0.2) is 23.6 Å². The first kappa shape index (κ1) is 21.4. The molecular weight excluding hydrogens is 497 g/mol. The number of carboxylic acid groups (broad SMARTS) is 1. The van der Waals surface area contributed by atoms with E-state index in [2.05, 4.69) is 27.9 Å². The zero-order valence-corrected chi connectivity index (χ0v) is 17.9. The van der Waals surface area contributed by atoms with E-state index in [1.165, 1.54) is 6.08 Å². The molecule has 3 aromatic carbocycles. The van der Waals surface area contributed by atoms with Crippen molar-refractivity contribution in [3.05, 3.63) is 93.7 Å². The Bertz CT molecular complexity index is 1050. The Kier molecular flexibility index (Phi) is 7.45. The molecule has 0 spiro atoms. The van der Waals surface area contributed by atoms with Crippen LogP contribution in [-0.2, 0) is 9.59 Å². The third-order valence-electron chi connectivity index (χ3n) is 3.87. The number of halogens is 1. The minimum atomic E-state index is -1.25. The summed E-state index contributed by atoms with van der Waals surface area (Å²) in [6, 6.07) is 23.3. The molecule has 0 radical (unpaired) electrons. The molecule has 7 heteroatoms. The van der Waals surface area contributed by atoms with Crippen molar-refractivity contribution in [2.45, 2.75) is 0 Å². The van der Waals surface area contributed by atoms with E-state index in [1.54, 1.807) is 48.5 Å². The zero-order valence-electron chi connectivity index (χ0n) is 15.7. The number of carbonyl (C=O) groups is 2. The van der Waals surface area contributed by atoms with Crippen molar-refractivity contribution in [3.8, 4) is 17.2 Å². The molecule has 6 nitrogen and oxygen atoms in total. The van der Waals surface area contributed by atoms with Crippen LogP contribution >= 0.6 is 22.6 Å². The second-order valence-electron chi connectivity index (χ2n) is 6.11. The third-order valence-corrected chi connectivity index (χ3v) is 4.76. The van der Waals surface area contributed by atoms with E-state index in [1.807, 2.05) is 30.3 Å². The van der Waals surface area contributed by atoms with Gasteiger partial charge in [-0.15, -0.1) is 0 Å². The van der Waals surface area contributed by atoms with E-state index in [-0.39, 0.29) is 12.3 Å².